The number of hydrogen-bond donors (Lipinski definition) is 2. The van der Waals surface area contributed by atoms with Gasteiger partial charge >= 0.3 is 0 Å². The number of nitrogens with zero attached hydrogens (tertiary/aromatic N) is 1. The van der Waals surface area contributed by atoms with E-state index in [4.69, 9.17) is 9.47 Å². The molecule has 2 N–H and O–H groups in total. The summed E-state index contributed by atoms with van der Waals surface area (Å²) in [5, 5.41) is 6.48. The minimum absolute atomic E-state index is 0.517. The molecule has 1 saturated carbocycles. The molecule has 1 aliphatic carbocycles. The second kappa shape index (κ2) is 11.1. The summed E-state index contributed by atoms with van der Waals surface area (Å²) in [6.07, 6.45) is 6.69. The van der Waals surface area contributed by atoms with Crippen LogP contribution >= 0.6 is 0 Å². The first-order valence-corrected chi connectivity index (χ1v) is 7.50. The van der Waals surface area contributed by atoms with Crippen molar-refractivity contribution in [2.45, 2.75) is 45.1 Å². The highest BCUT2D eigenvalue weighted by molar-refractivity contribution is 5.79. The molecule has 0 amide bonds. The number of hydrogen-bond acceptors (Lipinski definition) is 3. The Morgan fingerprint density at radius 2 is 1.89 bits per heavy atom. The molecule has 112 valence electrons. The van der Waals surface area contributed by atoms with Gasteiger partial charge in [-0.25, -0.2) is 0 Å². The standard InChI is InChI=1S/C14H29N3O2/c1-3-18-12-10-17-14(15-2)16-9-6-11-19-13-7-4-5-8-13/h13H,3-12H2,1-2H3,(H2,15,16,17). The van der Waals surface area contributed by atoms with Crippen LogP contribution in [0.15, 0.2) is 4.99 Å². The van der Waals surface area contributed by atoms with E-state index < -0.39 is 0 Å². The third-order valence-corrected chi connectivity index (χ3v) is 3.24. The van der Waals surface area contributed by atoms with Crippen LogP contribution < -0.4 is 10.6 Å². The SMILES string of the molecule is CCOCCNC(=NC)NCCCOC1CCCC1. The van der Waals surface area contributed by atoms with Gasteiger partial charge in [-0.1, -0.05) is 12.8 Å². The molecule has 19 heavy (non-hydrogen) atoms. The number of ether oxygens (including phenoxy) is 2. The molecule has 0 radical (unpaired) electrons. The molecule has 0 saturated heterocycles. The van der Waals surface area contributed by atoms with Gasteiger partial charge in [0.15, 0.2) is 5.96 Å². The monoisotopic (exact) mass is 271 g/mol. The van der Waals surface area contributed by atoms with Crippen LogP contribution in [0, 0.1) is 0 Å². The molecule has 1 rings (SSSR count). The van der Waals surface area contributed by atoms with Crippen LogP contribution in [0.1, 0.15) is 39.0 Å². The highest BCUT2D eigenvalue weighted by Crippen LogP contribution is 2.20. The third kappa shape index (κ3) is 8.06. The van der Waals surface area contributed by atoms with E-state index >= 15 is 0 Å². The average molecular weight is 271 g/mol. The smallest absolute Gasteiger partial charge is 0.191 e. The summed E-state index contributed by atoms with van der Waals surface area (Å²) in [4.78, 5) is 4.16. The van der Waals surface area contributed by atoms with Crippen LogP contribution in [-0.2, 0) is 9.47 Å². The summed E-state index contributed by atoms with van der Waals surface area (Å²) in [5.74, 6) is 0.834. The minimum Gasteiger partial charge on any atom is -0.380 e. The molecular formula is C14H29N3O2. The summed E-state index contributed by atoms with van der Waals surface area (Å²) < 4.78 is 11.1. The van der Waals surface area contributed by atoms with Crippen molar-refractivity contribution in [1.29, 1.82) is 0 Å². The molecule has 0 heterocycles. The van der Waals surface area contributed by atoms with E-state index in [0.29, 0.717) is 12.7 Å². The first kappa shape index (κ1) is 16.2. The quantitative estimate of drug-likeness (QED) is 0.379. The molecule has 1 fully saturated rings. The summed E-state index contributed by atoms with van der Waals surface area (Å²) in [5.41, 5.74) is 0. The number of guanidine groups is 1. The molecule has 5 nitrogen and oxygen atoms in total. The van der Waals surface area contributed by atoms with Crippen molar-refractivity contribution in [1.82, 2.24) is 10.6 Å². The van der Waals surface area contributed by atoms with Crippen molar-refractivity contribution in [3.8, 4) is 0 Å². The number of nitrogens with one attached hydrogen (secondary N) is 2. The highest BCUT2D eigenvalue weighted by atomic mass is 16.5. The lowest BCUT2D eigenvalue weighted by atomic mass is 10.3. The first-order valence-electron chi connectivity index (χ1n) is 7.50. The van der Waals surface area contributed by atoms with Crippen molar-refractivity contribution in [2.24, 2.45) is 4.99 Å². The van der Waals surface area contributed by atoms with Gasteiger partial charge in [0, 0.05) is 33.4 Å². The zero-order chi connectivity index (χ0) is 13.8. The second-order valence-electron chi connectivity index (χ2n) is 4.75. The second-order valence-corrected chi connectivity index (χ2v) is 4.75. The lowest BCUT2D eigenvalue weighted by molar-refractivity contribution is 0.0574. The summed E-state index contributed by atoms with van der Waals surface area (Å²) in [6.45, 7) is 5.98. The maximum absolute atomic E-state index is 5.81. The summed E-state index contributed by atoms with van der Waals surface area (Å²) >= 11 is 0. The van der Waals surface area contributed by atoms with Gasteiger partial charge in [0.05, 0.1) is 12.7 Å². The molecular weight excluding hydrogens is 242 g/mol. The van der Waals surface area contributed by atoms with Crippen molar-refractivity contribution in [2.75, 3.05) is 40.0 Å². The van der Waals surface area contributed by atoms with E-state index in [-0.39, 0.29) is 0 Å². The van der Waals surface area contributed by atoms with E-state index in [1.165, 1.54) is 25.7 Å². The fourth-order valence-corrected chi connectivity index (χ4v) is 2.19. The van der Waals surface area contributed by atoms with Crippen LogP contribution in [0.5, 0.6) is 0 Å². The van der Waals surface area contributed by atoms with Crippen LogP contribution in [0.3, 0.4) is 0 Å². The van der Waals surface area contributed by atoms with Crippen LogP contribution in [-0.4, -0.2) is 52.0 Å². The van der Waals surface area contributed by atoms with E-state index in [1.807, 2.05) is 6.92 Å². The van der Waals surface area contributed by atoms with Crippen LogP contribution in [0.2, 0.25) is 0 Å². The lowest BCUT2D eigenvalue weighted by Crippen LogP contribution is -2.39. The Morgan fingerprint density at radius 3 is 2.58 bits per heavy atom. The minimum atomic E-state index is 0.517. The topological polar surface area (TPSA) is 54.9 Å². The van der Waals surface area contributed by atoms with E-state index in [9.17, 15) is 0 Å². The summed E-state index contributed by atoms with van der Waals surface area (Å²) in [6, 6.07) is 0. The van der Waals surface area contributed by atoms with Gasteiger partial charge in [0.1, 0.15) is 0 Å². The Hall–Kier alpha value is -0.810. The molecule has 0 bridgehead atoms. The van der Waals surface area contributed by atoms with Gasteiger partial charge in [-0.05, 0) is 26.2 Å². The van der Waals surface area contributed by atoms with Crippen LogP contribution in [0.4, 0.5) is 0 Å². The maximum Gasteiger partial charge on any atom is 0.191 e. The Kier molecular flexibility index (Phi) is 9.45. The average Bonchev–Trinajstić information content (AvgIpc) is 2.94. The number of aliphatic imine (C=N–C) groups is 1. The molecule has 0 aromatic rings. The normalized spacial score (nSPS) is 16.8. The Labute approximate surface area is 117 Å². The van der Waals surface area contributed by atoms with Crippen LogP contribution in [0.25, 0.3) is 0 Å². The van der Waals surface area contributed by atoms with E-state index in [0.717, 1.165) is 38.7 Å². The van der Waals surface area contributed by atoms with Gasteiger partial charge < -0.3 is 20.1 Å². The zero-order valence-electron chi connectivity index (χ0n) is 12.4. The molecule has 0 aliphatic heterocycles. The van der Waals surface area contributed by atoms with Gasteiger partial charge in [-0.2, -0.15) is 0 Å². The maximum atomic E-state index is 5.81. The third-order valence-electron chi connectivity index (χ3n) is 3.24. The highest BCUT2D eigenvalue weighted by Gasteiger charge is 2.14. The molecule has 5 heteroatoms. The van der Waals surface area contributed by atoms with Crippen molar-refractivity contribution in [3.63, 3.8) is 0 Å². The molecule has 0 aromatic heterocycles. The Morgan fingerprint density at radius 1 is 1.16 bits per heavy atom. The molecule has 0 atom stereocenters. The fraction of sp³-hybridized carbons (Fsp3) is 0.929. The van der Waals surface area contributed by atoms with Crippen molar-refractivity contribution >= 4 is 5.96 Å². The molecule has 0 spiro atoms. The molecule has 0 aromatic carbocycles. The Bertz CT molecular complexity index is 241. The van der Waals surface area contributed by atoms with Gasteiger partial charge in [-0.15, -0.1) is 0 Å². The van der Waals surface area contributed by atoms with E-state index in [1.54, 1.807) is 7.05 Å². The zero-order valence-corrected chi connectivity index (χ0v) is 12.4. The largest absolute Gasteiger partial charge is 0.380 e. The predicted molar refractivity (Wildman–Crippen MR) is 78.7 cm³/mol. The van der Waals surface area contributed by atoms with Crippen molar-refractivity contribution in [3.05, 3.63) is 0 Å². The Balaban J connectivity index is 1.93. The predicted octanol–water partition coefficient (Wildman–Crippen LogP) is 1.54. The molecule has 0 unspecified atom stereocenters. The van der Waals surface area contributed by atoms with Gasteiger partial charge in [0.2, 0.25) is 0 Å². The number of rotatable bonds is 9. The fourth-order valence-electron chi connectivity index (χ4n) is 2.19. The summed E-state index contributed by atoms with van der Waals surface area (Å²) in [7, 11) is 1.78. The van der Waals surface area contributed by atoms with Gasteiger partial charge in [0.25, 0.3) is 0 Å². The van der Waals surface area contributed by atoms with E-state index in [2.05, 4.69) is 15.6 Å². The first-order chi connectivity index (χ1) is 9.36. The van der Waals surface area contributed by atoms with Crippen molar-refractivity contribution < 1.29 is 9.47 Å². The molecule has 1 aliphatic rings. The lowest BCUT2D eigenvalue weighted by Gasteiger charge is -2.13. The van der Waals surface area contributed by atoms with Gasteiger partial charge in [-0.3, -0.25) is 4.99 Å².